The Morgan fingerprint density at radius 2 is 2.06 bits per heavy atom. The van der Waals surface area contributed by atoms with Crippen molar-refractivity contribution >= 4 is 17.1 Å². The molecule has 0 N–H and O–H groups in total. The van der Waals surface area contributed by atoms with Gasteiger partial charge in [0.1, 0.15) is 5.78 Å². The average Bonchev–Trinajstić information content (AvgIpc) is 2.78. The maximum atomic E-state index is 10.8. The number of aromatic nitrogens is 1. The second-order valence-electron chi connectivity index (χ2n) is 4.05. The van der Waals surface area contributed by atoms with E-state index in [4.69, 9.17) is 0 Å². The summed E-state index contributed by atoms with van der Waals surface area (Å²) in [5.74, 6) is 0.254. The minimum absolute atomic E-state index is 0.254. The molecule has 1 aromatic carbocycles. The number of Topliss-reactive ketones (excluding diaryl/α,β-unsaturated/α-hetero) is 1. The number of ketones is 1. The third kappa shape index (κ3) is 3.49. The van der Waals surface area contributed by atoms with Crippen LogP contribution in [0.3, 0.4) is 0 Å². The molecule has 88 valence electrons. The van der Waals surface area contributed by atoms with Gasteiger partial charge < -0.3 is 4.79 Å². The van der Waals surface area contributed by atoms with Crippen LogP contribution in [0.4, 0.5) is 0 Å². The fraction of sp³-hybridized carbons (Fsp3) is 0.286. The van der Waals surface area contributed by atoms with E-state index in [-0.39, 0.29) is 5.78 Å². The number of thiazole rings is 1. The van der Waals surface area contributed by atoms with Crippen molar-refractivity contribution < 1.29 is 4.79 Å². The number of benzene rings is 1. The van der Waals surface area contributed by atoms with E-state index >= 15 is 0 Å². The van der Waals surface area contributed by atoms with Crippen molar-refractivity contribution in [1.82, 2.24) is 4.98 Å². The predicted octanol–water partition coefficient (Wildman–Crippen LogP) is 3.72. The Morgan fingerprint density at radius 3 is 2.76 bits per heavy atom. The summed E-state index contributed by atoms with van der Waals surface area (Å²) in [7, 11) is 0. The quantitative estimate of drug-likeness (QED) is 0.803. The number of hydrogen-bond acceptors (Lipinski definition) is 3. The summed E-state index contributed by atoms with van der Waals surface area (Å²) in [4.78, 5) is 15.4. The maximum Gasteiger partial charge on any atom is 0.129 e. The Bertz CT molecular complexity index is 490. The summed E-state index contributed by atoms with van der Waals surface area (Å²) in [6, 6.07) is 10.2. The molecule has 0 aliphatic rings. The standard InChI is InChI=1S/C14H15NOS/c1-11(16)6-5-9-14-15-13(10-17-14)12-7-3-2-4-8-12/h2-4,7-8,10H,5-6,9H2,1H3. The molecule has 0 saturated carbocycles. The van der Waals surface area contributed by atoms with Crippen LogP contribution in [0.5, 0.6) is 0 Å². The molecular weight excluding hydrogens is 230 g/mol. The van der Waals surface area contributed by atoms with Gasteiger partial charge in [-0.1, -0.05) is 30.3 Å². The molecule has 2 aromatic rings. The zero-order valence-electron chi connectivity index (χ0n) is 9.85. The number of carbonyl (C=O) groups is 1. The number of hydrogen-bond donors (Lipinski definition) is 0. The van der Waals surface area contributed by atoms with Gasteiger partial charge in [-0.3, -0.25) is 0 Å². The summed E-state index contributed by atoms with van der Waals surface area (Å²) >= 11 is 1.67. The molecule has 0 saturated heterocycles. The highest BCUT2D eigenvalue weighted by molar-refractivity contribution is 7.09. The molecule has 1 aromatic heterocycles. The molecule has 0 fully saturated rings. The first-order valence-electron chi connectivity index (χ1n) is 5.75. The van der Waals surface area contributed by atoms with Crippen LogP contribution in [-0.4, -0.2) is 10.8 Å². The van der Waals surface area contributed by atoms with Gasteiger partial charge in [0.05, 0.1) is 10.7 Å². The summed E-state index contributed by atoms with van der Waals surface area (Å²) in [5, 5.41) is 3.20. The van der Waals surface area contributed by atoms with E-state index in [2.05, 4.69) is 22.5 Å². The normalized spacial score (nSPS) is 10.4. The average molecular weight is 245 g/mol. The van der Waals surface area contributed by atoms with Crippen LogP contribution in [0, 0.1) is 0 Å². The zero-order valence-corrected chi connectivity index (χ0v) is 10.7. The Morgan fingerprint density at radius 1 is 1.29 bits per heavy atom. The van der Waals surface area contributed by atoms with Crippen LogP contribution in [0.1, 0.15) is 24.8 Å². The Kier molecular flexibility index (Phi) is 4.04. The van der Waals surface area contributed by atoms with Gasteiger partial charge in [-0.2, -0.15) is 0 Å². The van der Waals surface area contributed by atoms with Crippen molar-refractivity contribution in [2.45, 2.75) is 26.2 Å². The summed E-state index contributed by atoms with van der Waals surface area (Å²) < 4.78 is 0. The highest BCUT2D eigenvalue weighted by atomic mass is 32.1. The third-order valence-corrected chi connectivity index (χ3v) is 3.45. The molecule has 0 bridgehead atoms. The summed E-state index contributed by atoms with van der Waals surface area (Å²) in [5.41, 5.74) is 2.19. The number of aryl methyl sites for hydroxylation is 1. The summed E-state index contributed by atoms with van der Waals surface area (Å²) in [6.45, 7) is 1.64. The predicted molar refractivity (Wildman–Crippen MR) is 71.2 cm³/mol. The summed E-state index contributed by atoms with van der Waals surface area (Å²) in [6.07, 6.45) is 2.45. The molecule has 0 unspecified atom stereocenters. The van der Waals surface area contributed by atoms with E-state index < -0.39 is 0 Å². The van der Waals surface area contributed by atoms with Crippen molar-refractivity contribution in [3.05, 3.63) is 40.7 Å². The van der Waals surface area contributed by atoms with Crippen molar-refractivity contribution in [3.63, 3.8) is 0 Å². The fourth-order valence-corrected chi connectivity index (χ4v) is 2.51. The van der Waals surface area contributed by atoms with Gasteiger partial charge in [0.25, 0.3) is 0 Å². The van der Waals surface area contributed by atoms with E-state index in [0.717, 1.165) is 29.1 Å². The van der Waals surface area contributed by atoms with Gasteiger partial charge in [-0.05, 0) is 19.8 Å². The maximum absolute atomic E-state index is 10.8. The minimum atomic E-state index is 0.254. The Hall–Kier alpha value is -1.48. The fourth-order valence-electron chi connectivity index (χ4n) is 1.66. The first-order valence-corrected chi connectivity index (χ1v) is 6.63. The van der Waals surface area contributed by atoms with Crippen LogP contribution >= 0.6 is 11.3 Å². The molecule has 1 heterocycles. The lowest BCUT2D eigenvalue weighted by Gasteiger charge is -1.95. The molecule has 0 amide bonds. The number of carbonyl (C=O) groups excluding carboxylic acids is 1. The molecule has 0 aliphatic heterocycles. The number of nitrogens with zero attached hydrogens (tertiary/aromatic N) is 1. The second kappa shape index (κ2) is 5.73. The molecule has 2 rings (SSSR count). The molecule has 2 nitrogen and oxygen atoms in total. The highest BCUT2D eigenvalue weighted by Crippen LogP contribution is 2.22. The van der Waals surface area contributed by atoms with Gasteiger partial charge in [0.2, 0.25) is 0 Å². The van der Waals surface area contributed by atoms with E-state index in [1.54, 1.807) is 18.3 Å². The van der Waals surface area contributed by atoms with Crippen LogP contribution in [0.2, 0.25) is 0 Å². The van der Waals surface area contributed by atoms with Crippen LogP contribution in [0.25, 0.3) is 11.3 Å². The van der Waals surface area contributed by atoms with E-state index in [1.165, 1.54) is 0 Å². The molecule has 0 spiro atoms. The van der Waals surface area contributed by atoms with Gasteiger partial charge in [-0.25, -0.2) is 4.98 Å². The minimum Gasteiger partial charge on any atom is -0.300 e. The van der Waals surface area contributed by atoms with E-state index in [9.17, 15) is 4.79 Å². The molecule has 17 heavy (non-hydrogen) atoms. The van der Waals surface area contributed by atoms with Crippen LogP contribution in [-0.2, 0) is 11.2 Å². The van der Waals surface area contributed by atoms with Gasteiger partial charge in [0.15, 0.2) is 0 Å². The van der Waals surface area contributed by atoms with E-state index in [1.807, 2.05) is 18.2 Å². The van der Waals surface area contributed by atoms with Crippen molar-refractivity contribution in [2.24, 2.45) is 0 Å². The molecule has 3 heteroatoms. The monoisotopic (exact) mass is 245 g/mol. The van der Waals surface area contributed by atoms with Gasteiger partial charge >= 0.3 is 0 Å². The largest absolute Gasteiger partial charge is 0.300 e. The molecule has 0 aliphatic carbocycles. The van der Waals surface area contributed by atoms with Crippen molar-refractivity contribution in [3.8, 4) is 11.3 Å². The first kappa shape index (κ1) is 12.0. The topological polar surface area (TPSA) is 30.0 Å². The lowest BCUT2D eigenvalue weighted by atomic mass is 10.2. The zero-order chi connectivity index (χ0) is 12.1. The van der Waals surface area contributed by atoms with Crippen molar-refractivity contribution in [1.29, 1.82) is 0 Å². The lowest BCUT2D eigenvalue weighted by Crippen LogP contribution is -1.92. The van der Waals surface area contributed by atoms with Gasteiger partial charge in [-0.15, -0.1) is 11.3 Å². The SMILES string of the molecule is CC(=O)CCCc1nc(-c2ccccc2)cs1. The van der Waals surface area contributed by atoms with Crippen LogP contribution in [0.15, 0.2) is 35.7 Å². The lowest BCUT2D eigenvalue weighted by molar-refractivity contribution is -0.117. The number of rotatable bonds is 5. The molecular formula is C14H15NOS. The smallest absolute Gasteiger partial charge is 0.129 e. The second-order valence-corrected chi connectivity index (χ2v) is 4.99. The van der Waals surface area contributed by atoms with E-state index in [0.29, 0.717) is 6.42 Å². The Balaban J connectivity index is 1.99. The highest BCUT2D eigenvalue weighted by Gasteiger charge is 2.04. The molecule has 0 atom stereocenters. The third-order valence-electron chi connectivity index (χ3n) is 2.54. The van der Waals surface area contributed by atoms with Gasteiger partial charge in [0, 0.05) is 17.4 Å². The Labute approximate surface area is 105 Å². The first-order chi connectivity index (χ1) is 8.25. The molecule has 0 radical (unpaired) electrons. The van der Waals surface area contributed by atoms with Crippen molar-refractivity contribution in [2.75, 3.05) is 0 Å². The van der Waals surface area contributed by atoms with Crippen LogP contribution < -0.4 is 0 Å².